The fourth-order valence-electron chi connectivity index (χ4n) is 3.74. The Bertz CT molecular complexity index is 1270. The molecular weight excluding hydrogens is 526 g/mol. The van der Waals surface area contributed by atoms with E-state index in [1.54, 1.807) is 6.07 Å². The Kier molecular flexibility index (Phi) is 9.37. The summed E-state index contributed by atoms with van der Waals surface area (Å²) in [5.74, 6) is -3.32. The van der Waals surface area contributed by atoms with E-state index in [0.29, 0.717) is 34.8 Å². The zero-order valence-corrected chi connectivity index (χ0v) is 20.5. The number of carbonyl (C=O) groups is 2. The van der Waals surface area contributed by atoms with Gasteiger partial charge in [0.25, 0.3) is 0 Å². The highest BCUT2D eigenvalue weighted by Gasteiger charge is 2.31. The Hall–Kier alpha value is -2.63. The van der Waals surface area contributed by atoms with Gasteiger partial charge >= 0.3 is 18.1 Å². The number of fused-ring (bicyclic) bond motifs is 3. The van der Waals surface area contributed by atoms with Crippen LogP contribution in [0.3, 0.4) is 0 Å². The lowest BCUT2D eigenvalue weighted by molar-refractivity contribution is -0.306. The Morgan fingerprint density at radius 1 is 1.00 bits per heavy atom. The summed E-state index contributed by atoms with van der Waals surface area (Å²) in [6, 6.07) is 7.77. The van der Waals surface area contributed by atoms with Crippen molar-refractivity contribution < 1.29 is 42.7 Å². The third-order valence-electron chi connectivity index (χ3n) is 5.47. The number of benzene rings is 3. The lowest BCUT2D eigenvalue weighted by Gasteiger charge is -2.21. The molecular formula is C24H22Cl2F3NO6. The summed E-state index contributed by atoms with van der Waals surface area (Å²) in [6.07, 6.45) is -3.54. The average molecular weight is 548 g/mol. The summed E-state index contributed by atoms with van der Waals surface area (Å²) < 4.78 is 40.5. The van der Waals surface area contributed by atoms with Crippen LogP contribution in [0.15, 0.2) is 36.4 Å². The van der Waals surface area contributed by atoms with E-state index < -0.39 is 29.8 Å². The molecule has 3 aromatic carbocycles. The van der Waals surface area contributed by atoms with Crippen molar-refractivity contribution >= 4 is 56.7 Å². The molecule has 1 unspecified atom stereocenters. The quantitative estimate of drug-likeness (QED) is 0.102. The molecule has 0 aromatic heterocycles. The molecule has 0 saturated carbocycles. The number of hydrogen-bond acceptors (Lipinski definition) is 7. The predicted molar refractivity (Wildman–Crippen MR) is 128 cm³/mol. The van der Waals surface area contributed by atoms with Gasteiger partial charge in [-0.1, -0.05) is 42.6 Å². The van der Waals surface area contributed by atoms with Gasteiger partial charge in [-0.15, -0.1) is 0 Å². The van der Waals surface area contributed by atoms with Gasteiger partial charge < -0.3 is 5.32 Å². The summed E-state index contributed by atoms with van der Waals surface area (Å²) in [5, 5.41) is 13.4. The highest BCUT2D eigenvalue weighted by molar-refractivity contribution is 6.39. The molecule has 0 aliphatic carbocycles. The summed E-state index contributed by atoms with van der Waals surface area (Å²) in [5.41, 5.74) is -0.515. The highest BCUT2D eigenvalue weighted by atomic mass is 35.5. The van der Waals surface area contributed by atoms with Gasteiger partial charge in [-0.2, -0.15) is 23.3 Å². The van der Waals surface area contributed by atoms with Crippen molar-refractivity contribution in [2.75, 3.05) is 13.1 Å². The minimum atomic E-state index is -4.60. The maximum atomic E-state index is 13.5. The molecule has 0 spiro atoms. The van der Waals surface area contributed by atoms with Crippen molar-refractivity contribution in [1.29, 1.82) is 0 Å². The molecule has 2 N–H and O–H groups in total. The topological polar surface area (TPSA) is 94.1 Å². The fraction of sp³-hybridized carbons (Fsp3) is 0.333. The van der Waals surface area contributed by atoms with Crippen LogP contribution in [0.25, 0.3) is 21.5 Å². The van der Waals surface area contributed by atoms with E-state index in [9.17, 15) is 22.8 Å². The maximum absolute atomic E-state index is 13.5. The standard InChI is InChI=1S/C24H22Cl2F3NO6/c1-2-3-7-30-8-6-21(35-36-23(32)22(31)34-33)19-12-18-17(10-14(25)11-20(18)26)16-9-13(24(27,28)29)4-5-15(16)19/h4-5,9-12,21,30,33H,2-3,6-8H2,1H3. The zero-order valence-electron chi connectivity index (χ0n) is 19.0. The van der Waals surface area contributed by atoms with Gasteiger partial charge in [0, 0.05) is 15.4 Å². The van der Waals surface area contributed by atoms with Crippen LogP contribution in [-0.2, 0) is 30.4 Å². The first-order chi connectivity index (χ1) is 17.1. The van der Waals surface area contributed by atoms with Crippen LogP contribution in [0.1, 0.15) is 43.4 Å². The van der Waals surface area contributed by atoms with Gasteiger partial charge in [0.1, 0.15) is 6.10 Å². The molecule has 0 aliphatic heterocycles. The Labute approximate surface area is 213 Å². The third kappa shape index (κ3) is 6.57. The molecule has 0 amide bonds. The molecule has 0 aliphatic rings. The van der Waals surface area contributed by atoms with E-state index in [1.807, 2.05) is 6.92 Å². The van der Waals surface area contributed by atoms with Crippen molar-refractivity contribution in [2.24, 2.45) is 0 Å². The van der Waals surface area contributed by atoms with Crippen molar-refractivity contribution in [1.82, 2.24) is 5.32 Å². The van der Waals surface area contributed by atoms with Crippen LogP contribution in [-0.4, -0.2) is 30.3 Å². The first-order valence-corrected chi connectivity index (χ1v) is 11.7. The van der Waals surface area contributed by atoms with E-state index >= 15 is 0 Å². The normalized spacial score (nSPS) is 12.6. The molecule has 0 bridgehead atoms. The largest absolute Gasteiger partial charge is 0.453 e. The van der Waals surface area contributed by atoms with Gasteiger partial charge in [0.05, 0.1) is 5.56 Å². The first kappa shape index (κ1) is 27.9. The number of unbranched alkanes of at least 4 members (excludes halogenated alkanes) is 1. The van der Waals surface area contributed by atoms with Gasteiger partial charge in [-0.25, -0.2) is 9.59 Å². The molecule has 1 atom stereocenters. The van der Waals surface area contributed by atoms with Crippen LogP contribution >= 0.6 is 23.2 Å². The fourth-order valence-corrected chi connectivity index (χ4v) is 4.29. The Morgan fingerprint density at radius 2 is 1.72 bits per heavy atom. The van der Waals surface area contributed by atoms with Crippen LogP contribution in [0.2, 0.25) is 10.0 Å². The van der Waals surface area contributed by atoms with E-state index in [0.717, 1.165) is 25.0 Å². The van der Waals surface area contributed by atoms with Crippen molar-refractivity contribution in [2.45, 2.75) is 38.5 Å². The maximum Gasteiger partial charge on any atom is 0.453 e. The first-order valence-electron chi connectivity index (χ1n) is 10.9. The average Bonchev–Trinajstić information content (AvgIpc) is 2.84. The van der Waals surface area contributed by atoms with Gasteiger partial charge in [-0.3, -0.25) is 9.78 Å². The summed E-state index contributed by atoms with van der Waals surface area (Å²) in [4.78, 5) is 36.0. The van der Waals surface area contributed by atoms with Crippen LogP contribution < -0.4 is 5.32 Å². The minimum Gasteiger partial charge on any atom is -0.317 e. The smallest absolute Gasteiger partial charge is 0.317 e. The van der Waals surface area contributed by atoms with Crippen molar-refractivity contribution in [3.8, 4) is 0 Å². The third-order valence-corrected chi connectivity index (χ3v) is 6.00. The van der Waals surface area contributed by atoms with E-state index in [2.05, 4.69) is 15.1 Å². The molecule has 0 saturated heterocycles. The van der Waals surface area contributed by atoms with E-state index in [-0.39, 0.29) is 21.9 Å². The Morgan fingerprint density at radius 3 is 2.39 bits per heavy atom. The second-order valence-electron chi connectivity index (χ2n) is 7.93. The van der Waals surface area contributed by atoms with Crippen molar-refractivity contribution in [3.63, 3.8) is 0 Å². The summed E-state index contributed by atoms with van der Waals surface area (Å²) in [6.45, 7) is 3.12. The van der Waals surface area contributed by atoms with Gasteiger partial charge in [0.2, 0.25) is 0 Å². The summed E-state index contributed by atoms with van der Waals surface area (Å²) >= 11 is 12.5. The molecule has 7 nitrogen and oxygen atoms in total. The molecule has 12 heteroatoms. The second kappa shape index (κ2) is 12.1. The van der Waals surface area contributed by atoms with Crippen LogP contribution in [0.5, 0.6) is 0 Å². The lowest BCUT2D eigenvalue weighted by atomic mass is 9.92. The zero-order chi connectivity index (χ0) is 26.5. The number of nitrogens with one attached hydrogen (secondary N) is 1. The number of hydrogen-bond donors (Lipinski definition) is 2. The SMILES string of the molecule is CCCCNCCC(OOC(=O)C(=O)OO)c1cc2c(Cl)cc(Cl)cc2c2cc(C(F)(F)F)ccc12. The number of halogens is 5. The van der Waals surface area contributed by atoms with Crippen LogP contribution in [0.4, 0.5) is 13.2 Å². The lowest BCUT2D eigenvalue weighted by Crippen LogP contribution is -2.23. The second-order valence-corrected chi connectivity index (χ2v) is 8.78. The van der Waals surface area contributed by atoms with Gasteiger partial charge in [-0.05, 0) is 78.0 Å². The monoisotopic (exact) mass is 547 g/mol. The van der Waals surface area contributed by atoms with Crippen LogP contribution in [0, 0.1) is 0 Å². The molecule has 3 aromatic rings. The highest BCUT2D eigenvalue weighted by Crippen LogP contribution is 2.41. The number of carbonyl (C=O) groups excluding carboxylic acids is 2. The van der Waals surface area contributed by atoms with Gasteiger partial charge in [0.15, 0.2) is 0 Å². The predicted octanol–water partition coefficient (Wildman–Crippen LogP) is 6.63. The van der Waals surface area contributed by atoms with Crippen molar-refractivity contribution in [3.05, 3.63) is 57.6 Å². The number of rotatable bonds is 9. The molecule has 3 rings (SSSR count). The Balaban J connectivity index is 2.14. The number of alkyl halides is 3. The summed E-state index contributed by atoms with van der Waals surface area (Å²) in [7, 11) is 0. The molecule has 0 heterocycles. The molecule has 0 fully saturated rings. The molecule has 0 radical (unpaired) electrons. The molecule has 194 valence electrons. The molecule has 36 heavy (non-hydrogen) atoms. The minimum absolute atomic E-state index is 0.193. The van der Waals surface area contributed by atoms with E-state index in [1.165, 1.54) is 18.2 Å². The van der Waals surface area contributed by atoms with E-state index in [4.69, 9.17) is 33.3 Å².